The molecule has 0 unspecified atom stereocenters. The number of imidazole rings is 1. The highest BCUT2D eigenvalue weighted by atomic mass is 79.9. The lowest BCUT2D eigenvalue weighted by Crippen LogP contribution is -2.00. The second-order valence-corrected chi connectivity index (χ2v) is 5.73. The Bertz CT molecular complexity index is 825. The van der Waals surface area contributed by atoms with Crippen molar-refractivity contribution in [3.8, 4) is 0 Å². The van der Waals surface area contributed by atoms with E-state index in [1.807, 2.05) is 36.4 Å². The summed E-state index contributed by atoms with van der Waals surface area (Å²) in [6.45, 7) is 0.652. The molecule has 3 rings (SSSR count). The second-order valence-electron chi connectivity index (χ2n) is 4.44. The van der Waals surface area contributed by atoms with Crippen molar-refractivity contribution in [1.82, 2.24) is 9.97 Å². The molecule has 0 aliphatic heterocycles. The molecule has 6 heteroatoms. The molecular weight excluding hydrogens is 342 g/mol. The predicted molar refractivity (Wildman–Crippen MR) is 85.4 cm³/mol. The van der Waals surface area contributed by atoms with E-state index in [0.717, 1.165) is 26.8 Å². The third-order valence-corrected chi connectivity index (χ3v) is 3.87. The molecule has 0 aliphatic rings. The van der Waals surface area contributed by atoms with Gasteiger partial charge in [-0.1, -0.05) is 23.7 Å². The van der Waals surface area contributed by atoms with E-state index < -0.39 is 0 Å². The monoisotopic (exact) mass is 351 g/mol. The van der Waals surface area contributed by atoms with Crippen molar-refractivity contribution < 1.29 is 0 Å². The number of nitrogens with one attached hydrogen (secondary N) is 3. The molecule has 3 aromatic rings. The maximum Gasteiger partial charge on any atom is 0.323 e. The van der Waals surface area contributed by atoms with Crippen LogP contribution in [0, 0.1) is 0 Å². The topological polar surface area (TPSA) is 60.7 Å². The lowest BCUT2D eigenvalue weighted by Gasteiger charge is -2.09. The number of rotatable bonds is 3. The van der Waals surface area contributed by atoms with Gasteiger partial charge >= 0.3 is 5.69 Å². The Labute approximate surface area is 128 Å². The predicted octanol–water partition coefficient (Wildman–Crippen LogP) is 3.88. The van der Waals surface area contributed by atoms with Crippen molar-refractivity contribution in [1.29, 1.82) is 0 Å². The van der Waals surface area contributed by atoms with Gasteiger partial charge in [0.05, 0.1) is 16.7 Å². The minimum Gasteiger partial charge on any atom is -0.380 e. The van der Waals surface area contributed by atoms with Gasteiger partial charge < -0.3 is 15.3 Å². The smallest absolute Gasteiger partial charge is 0.323 e. The zero-order valence-corrected chi connectivity index (χ0v) is 12.7. The highest BCUT2D eigenvalue weighted by Crippen LogP contribution is 2.27. The van der Waals surface area contributed by atoms with E-state index in [9.17, 15) is 4.79 Å². The van der Waals surface area contributed by atoms with Gasteiger partial charge in [-0.3, -0.25) is 0 Å². The summed E-state index contributed by atoms with van der Waals surface area (Å²) in [6.07, 6.45) is 0. The first-order valence-electron chi connectivity index (χ1n) is 6.02. The second kappa shape index (κ2) is 5.34. The number of hydrogen-bond acceptors (Lipinski definition) is 2. The molecule has 0 saturated carbocycles. The van der Waals surface area contributed by atoms with E-state index in [1.54, 1.807) is 0 Å². The molecule has 102 valence electrons. The number of H-pyrrole nitrogens is 2. The fourth-order valence-corrected chi connectivity index (χ4v) is 2.73. The summed E-state index contributed by atoms with van der Waals surface area (Å²) in [6, 6.07) is 11.4. The molecule has 1 aromatic heterocycles. The van der Waals surface area contributed by atoms with E-state index in [0.29, 0.717) is 11.6 Å². The summed E-state index contributed by atoms with van der Waals surface area (Å²) < 4.78 is 0.891. The third-order valence-electron chi connectivity index (χ3n) is 2.98. The van der Waals surface area contributed by atoms with Gasteiger partial charge in [-0.25, -0.2) is 4.79 Å². The Morgan fingerprint density at radius 1 is 1.15 bits per heavy atom. The fraction of sp³-hybridized carbons (Fsp3) is 0.0714. The van der Waals surface area contributed by atoms with Gasteiger partial charge in [0.15, 0.2) is 0 Å². The molecule has 2 aromatic carbocycles. The third kappa shape index (κ3) is 2.73. The lowest BCUT2D eigenvalue weighted by molar-refractivity contribution is 1.15. The fourth-order valence-electron chi connectivity index (χ4n) is 2.04. The minimum absolute atomic E-state index is 0.209. The first-order valence-corrected chi connectivity index (χ1v) is 7.19. The maximum absolute atomic E-state index is 11.3. The van der Waals surface area contributed by atoms with Gasteiger partial charge in [0.25, 0.3) is 0 Å². The summed E-state index contributed by atoms with van der Waals surface area (Å²) in [4.78, 5) is 16.7. The van der Waals surface area contributed by atoms with Crippen LogP contribution in [0.25, 0.3) is 11.0 Å². The quantitative estimate of drug-likeness (QED) is 0.670. The normalized spacial score (nSPS) is 10.9. The zero-order chi connectivity index (χ0) is 14.1. The van der Waals surface area contributed by atoms with Crippen LogP contribution < -0.4 is 11.0 Å². The number of fused-ring (bicyclic) bond motifs is 1. The van der Waals surface area contributed by atoms with Crippen LogP contribution >= 0.6 is 27.5 Å². The molecular formula is C14H11BrClN3O. The molecule has 1 heterocycles. The van der Waals surface area contributed by atoms with Crippen LogP contribution in [-0.4, -0.2) is 9.97 Å². The number of benzene rings is 2. The molecule has 0 atom stereocenters. The van der Waals surface area contributed by atoms with E-state index in [4.69, 9.17) is 11.6 Å². The summed E-state index contributed by atoms with van der Waals surface area (Å²) in [5.41, 5.74) is 3.33. The van der Waals surface area contributed by atoms with Crippen molar-refractivity contribution >= 4 is 44.3 Å². The van der Waals surface area contributed by atoms with Gasteiger partial charge in [-0.05, 0) is 45.8 Å². The molecule has 0 aliphatic carbocycles. The van der Waals surface area contributed by atoms with Crippen LogP contribution in [0.5, 0.6) is 0 Å². The van der Waals surface area contributed by atoms with Gasteiger partial charge in [-0.15, -0.1) is 0 Å². The largest absolute Gasteiger partial charge is 0.380 e. The molecule has 0 amide bonds. The number of aromatic amines is 2. The van der Waals surface area contributed by atoms with Crippen LogP contribution in [0.2, 0.25) is 5.02 Å². The van der Waals surface area contributed by atoms with Crippen LogP contribution in [0.3, 0.4) is 0 Å². The molecule has 0 radical (unpaired) electrons. The summed E-state index contributed by atoms with van der Waals surface area (Å²) in [5, 5.41) is 4.03. The average Bonchev–Trinajstić information content (AvgIpc) is 2.75. The van der Waals surface area contributed by atoms with E-state index in [-0.39, 0.29) is 5.69 Å². The van der Waals surface area contributed by atoms with Crippen LogP contribution in [0.1, 0.15) is 5.56 Å². The van der Waals surface area contributed by atoms with Crippen molar-refractivity contribution in [2.75, 3.05) is 5.32 Å². The van der Waals surface area contributed by atoms with Gasteiger partial charge in [0.1, 0.15) is 0 Å². The molecule has 20 heavy (non-hydrogen) atoms. The Kier molecular flexibility index (Phi) is 3.54. The first-order chi connectivity index (χ1) is 9.61. The van der Waals surface area contributed by atoms with Gasteiger partial charge in [0, 0.05) is 16.0 Å². The van der Waals surface area contributed by atoms with Crippen molar-refractivity contribution in [3.63, 3.8) is 0 Å². The molecule has 0 spiro atoms. The van der Waals surface area contributed by atoms with E-state index >= 15 is 0 Å². The lowest BCUT2D eigenvalue weighted by atomic mass is 10.2. The minimum atomic E-state index is -0.209. The number of halogens is 2. The van der Waals surface area contributed by atoms with E-state index in [1.165, 1.54) is 0 Å². The highest BCUT2D eigenvalue weighted by molar-refractivity contribution is 9.10. The standard InChI is InChI=1S/C14H11BrClN3O/c15-10-5-12-13(19-14(20)18-12)6-11(10)17-7-8-2-1-3-9(16)4-8/h1-6,17H,7H2,(H2,18,19,20). The number of hydrogen-bond donors (Lipinski definition) is 3. The highest BCUT2D eigenvalue weighted by Gasteiger charge is 2.05. The molecule has 4 nitrogen and oxygen atoms in total. The Morgan fingerprint density at radius 2 is 1.90 bits per heavy atom. The summed E-state index contributed by atoms with van der Waals surface area (Å²) in [7, 11) is 0. The SMILES string of the molecule is O=c1[nH]c2cc(Br)c(NCc3cccc(Cl)c3)cc2[nH]1. The van der Waals surface area contributed by atoms with Gasteiger partial charge in [0.2, 0.25) is 0 Å². The molecule has 0 saturated heterocycles. The first kappa shape index (κ1) is 13.3. The molecule has 0 fully saturated rings. The van der Waals surface area contributed by atoms with Crippen molar-refractivity contribution in [2.24, 2.45) is 0 Å². The zero-order valence-electron chi connectivity index (χ0n) is 10.3. The van der Waals surface area contributed by atoms with E-state index in [2.05, 4.69) is 31.2 Å². The number of aromatic nitrogens is 2. The maximum atomic E-state index is 11.3. The van der Waals surface area contributed by atoms with Crippen LogP contribution in [0.4, 0.5) is 5.69 Å². The average molecular weight is 353 g/mol. The number of anilines is 1. The van der Waals surface area contributed by atoms with Crippen molar-refractivity contribution in [3.05, 3.63) is 61.9 Å². The molecule has 3 N–H and O–H groups in total. The van der Waals surface area contributed by atoms with Crippen molar-refractivity contribution in [2.45, 2.75) is 6.54 Å². The summed E-state index contributed by atoms with van der Waals surface area (Å²) in [5.74, 6) is 0. The van der Waals surface area contributed by atoms with Gasteiger partial charge in [-0.2, -0.15) is 0 Å². The summed E-state index contributed by atoms with van der Waals surface area (Å²) >= 11 is 9.45. The Morgan fingerprint density at radius 3 is 2.65 bits per heavy atom. The van der Waals surface area contributed by atoms with Crippen LogP contribution in [-0.2, 0) is 6.54 Å². The Hall–Kier alpha value is -1.72. The van der Waals surface area contributed by atoms with Crippen LogP contribution in [0.15, 0.2) is 45.7 Å². The molecule has 0 bridgehead atoms. The Balaban J connectivity index is 1.86.